The molecule has 4 nitrogen and oxygen atoms in total. The topological polar surface area (TPSA) is 48.0 Å². The van der Waals surface area contributed by atoms with Crippen molar-refractivity contribution in [1.29, 1.82) is 0 Å². The van der Waals surface area contributed by atoms with Crippen LogP contribution < -0.4 is 5.56 Å². The molecule has 0 radical (unpaired) electrons. The molecule has 1 fully saturated rings. The van der Waals surface area contributed by atoms with E-state index in [-0.39, 0.29) is 11.0 Å². The summed E-state index contributed by atoms with van der Waals surface area (Å²) in [6, 6.07) is 12.4. The van der Waals surface area contributed by atoms with Crippen LogP contribution in [0.4, 0.5) is 0 Å². The van der Waals surface area contributed by atoms with Gasteiger partial charge in [-0.15, -0.1) is 0 Å². The number of thioether (sulfide) groups is 1. The second-order valence-electron chi connectivity index (χ2n) is 9.32. The van der Waals surface area contributed by atoms with Gasteiger partial charge < -0.3 is 4.42 Å². The molecule has 2 heterocycles. The molecule has 5 rings (SSSR count). The molecule has 2 aromatic heterocycles. The zero-order valence-corrected chi connectivity index (χ0v) is 19.8. The highest BCUT2D eigenvalue weighted by Gasteiger charge is 2.44. The van der Waals surface area contributed by atoms with Crippen LogP contribution in [0.3, 0.4) is 0 Å². The first kappa shape index (κ1) is 21.6. The highest BCUT2D eigenvalue weighted by atomic mass is 32.2. The SMILES string of the molecule is CCCCCCSc1nc2c(c(=O)n1Cc1ccco1)C1(CCCC1)Cc1ccccc1-2. The van der Waals surface area contributed by atoms with Gasteiger partial charge in [-0.1, -0.05) is 75.1 Å². The molecule has 0 N–H and O–H groups in total. The highest BCUT2D eigenvalue weighted by Crippen LogP contribution is 2.50. The van der Waals surface area contributed by atoms with Crippen molar-refractivity contribution < 1.29 is 4.42 Å². The summed E-state index contributed by atoms with van der Waals surface area (Å²) in [5.41, 5.74) is 4.45. The minimum absolute atomic E-state index is 0.0665. The molecule has 2 aliphatic carbocycles. The molecule has 2 aliphatic rings. The zero-order chi connectivity index (χ0) is 22.0. The number of hydrogen-bond acceptors (Lipinski definition) is 4. The number of unbranched alkanes of at least 4 members (excludes halogenated alkanes) is 3. The Hall–Kier alpha value is -2.27. The van der Waals surface area contributed by atoms with Crippen LogP contribution in [0.5, 0.6) is 0 Å². The summed E-state index contributed by atoms with van der Waals surface area (Å²) in [6.45, 7) is 2.68. The predicted molar refractivity (Wildman–Crippen MR) is 130 cm³/mol. The molecule has 5 heteroatoms. The fourth-order valence-electron chi connectivity index (χ4n) is 5.55. The minimum Gasteiger partial charge on any atom is -0.467 e. The maximum absolute atomic E-state index is 14.1. The van der Waals surface area contributed by atoms with Crippen LogP contribution in [0, 0.1) is 0 Å². The van der Waals surface area contributed by atoms with E-state index in [4.69, 9.17) is 9.40 Å². The van der Waals surface area contributed by atoms with Gasteiger partial charge in [0.05, 0.1) is 24.1 Å². The summed E-state index contributed by atoms with van der Waals surface area (Å²) in [6.07, 6.45) is 12.0. The van der Waals surface area contributed by atoms with E-state index in [2.05, 4.69) is 31.2 Å². The Morgan fingerprint density at radius 2 is 1.94 bits per heavy atom. The van der Waals surface area contributed by atoms with Crippen LogP contribution >= 0.6 is 11.8 Å². The minimum atomic E-state index is -0.0665. The molecule has 0 atom stereocenters. The van der Waals surface area contributed by atoms with Crippen LogP contribution in [0.25, 0.3) is 11.3 Å². The van der Waals surface area contributed by atoms with E-state index in [0.29, 0.717) is 6.54 Å². The Morgan fingerprint density at radius 3 is 2.72 bits per heavy atom. The van der Waals surface area contributed by atoms with Gasteiger partial charge in [-0.25, -0.2) is 4.98 Å². The van der Waals surface area contributed by atoms with E-state index in [0.717, 1.165) is 59.2 Å². The van der Waals surface area contributed by atoms with E-state index < -0.39 is 0 Å². The van der Waals surface area contributed by atoms with Gasteiger partial charge in [-0.05, 0) is 43.4 Å². The quantitative estimate of drug-likeness (QED) is 0.221. The van der Waals surface area contributed by atoms with Gasteiger partial charge in [0.1, 0.15) is 5.76 Å². The van der Waals surface area contributed by atoms with Crippen molar-refractivity contribution in [2.75, 3.05) is 5.75 Å². The third-order valence-corrected chi connectivity index (χ3v) is 8.21. The van der Waals surface area contributed by atoms with Crippen molar-refractivity contribution in [2.24, 2.45) is 0 Å². The molecule has 168 valence electrons. The summed E-state index contributed by atoms with van der Waals surface area (Å²) in [5.74, 6) is 1.79. The molecule has 0 amide bonds. The van der Waals surface area contributed by atoms with E-state index >= 15 is 0 Å². The predicted octanol–water partition coefficient (Wildman–Crippen LogP) is 6.59. The highest BCUT2D eigenvalue weighted by molar-refractivity contribution is 7.99. The third-order valence-electron chi connectivity index (χ3n) is 7.15. The molecule has 0 unspecified atom stereocenters. The number of hydrogen-bond donors (Lipinski definition) is 0. The van der Waals surface area contributed by atoms with Gasteiger partial charge in [-0.3, -0.25) is 9.36 Å². The number of benzene rings is 1. The maximum atomic E-state index is 14.1. The summed E-state index contributed by atoms with van der Waals surface area (Å²) in [7, 11) is 0. The van der Waals surface area contributed by atoms with E-state index in [1.807, 2.05) is 16.7 Å². The largest absolute Gasteiger partial charge is 0.467 e. The lowest BCUT2D eigenvalue weighted by molar-refractivity contribution is 0.411. The molecular weight excluding hydrogens is 416 g/mol. The molecule has 3 aromatic rings. The second kappa shape index (κ2) is 9.30. The van der Waals surface area contributed by atoms with Gasteiger partial charge in [0, 0.05) is 16.7 Å². The number of rotatable bonds is 8. The van der Waals surface area contributed by atoms with Crippen molar-refractivity contribution >= 4 is 11.8 Å². The molecule has 1 aromatic carbocycles. The number of aromatic nitrogens is 2. The van der Waals surface area contributed by atoms with Crippen molar-refractivity contribution in [3.8, 4) is 11.3 Å². The van der Waals surface area contributed by atoms with Crippen LogP contribution in [-0.2, 0) is 18.4 Å². The van der Waals surface area contributed by atoms with Crippen LogP contribution in [-0.4, -0.2) is 15.3 Å². The molecule has 0 aliphatic heterocycles. The molecule has 1 saturated carbocycles. The fourth-order valence-corrected chi connectivity index (χ4v) is 6.54. The van der Waals surface area contributed by atoms with E-state index in [9.17, 15) is 4.79 Å². The Bertz CT molecular complexity index is 1130. The molecule has 1 spiro atoms. The van der Waals surface area contributed by atoms with Crippen molar-refractivity contribution in [2.45, 2.75) is 81.8 Å². The van der Waals surface area contributed by atoms with Gasteiger partial charge in [0.2, 0.25) is 0 Å². The summed E-state index contributed by atoms with van der Waals surface area (Å²) >= 11 is 1.72. The summed E-state index contributed by atoms with van der Waals surface area (Å²) in [4.78, 5) is 19.4. The number of fused-ring (bicyclic) bond motifs is 4. The average molecular weight is 449 g/mol. The molecular formula is C27H32N2O2S. The molecule has 0 saturated heterocycles. The molecule has 0 bridgehead atoms. The Kier molecular flexibility index (Phi) is 6.27. The monoisotopic (exact) mass is 448 g/mol. The zero-order valence-electron chi connectivity index (χ0n) is 18.9. The van der Waals surface area contributed by atoms with E-state index in [1.54, 1.807) is 18.0 Å². The second-order valence-corrected chi connectivity index (χ2v) is 10.4. The van der Waals surface area contributed by atoms with Gasteiger partial charge in [-0.2, -0.15) is 0 Å². The first-order chi connectivity index (χ1) is 15.7. The van der Waals surface area contributed by atoms with Gasteiger partial charge >= 0.3 is 0 Å². The third kappa shape index (κ3) is 3.96. The Balaban J connectivity index is 1.62. The normalized spacial score (nSPS) is 16.3. The fraction of sp³-hybridized carbons (Fsp3) is 0.481. The van der Waals surface area contributed by atoms with Crippen LogP contribution in [0.1, 0.15) is 75.2 Å². The summed E-state index contributed by atoms with van der Waals surface area (Å²) in [5, 5.41) is 0.825. The standard InChI is InChI=1S/C27H32N2O2S/c1-2-3-4-9-17-32-26-28-24-22-13-6-5-11-20(22)18-27(14-7-8-15-27)23(24)25(30)29(26)19-21-12-10-16-31-21/h5-6,10-13,16H,2-4,7-9,14-15,17-19H2,1H3. The summed E-state index contributed by atoms with van der Waals surface area (Å²) < 4.78 is 7.51. The van der Waals surface area contributed by atoms with Gasteiger partial charge in [0.15, 0.2) is 5.16 Å². The lowest BCUT2D eigenvalue weighted by Gasteiger charge is -2.36. The maximum Gasteiger partial charge on any atom is 0.258 e. The number of furan rings is 1. The first-order valence-corrected chi connectivity index (χ1v) is 13.1. The lowest BCUT2D eigenvalue weighted by atomic mass is 9.68. The Labute approximate surface area is 194 Å². The average Bonchev–Trinajstić information content (AvgIpc) is 3.48. The molecule has 32 heavy (non-hydrogen) atoms. The van der Waals surface area contributed by atoms with Crippen molar-refractivity contribution in [3.05, 3.63) is 69.9 Å². The van der Waals surface area contributed by atoms with Crippen LogP contribution in [0.2, 0.25) is 0 Å². The van der Waals surface area contributed by atoms with Crippen molar-refractivity contribution in [1.82, 2.24) is 9.55 Å². The smallest absolute Gasteiger partial charge is 0.258 e. The Morgan fingerprint density at radius 1 is 1.09 bits per heavy atom. The van der Waals surface area contributed by atoms with E-state index in [1.165, 1.54) is 37.7 Å². The first-order valence-electron chi connectivity index (χ1n) is 12.1. The van der Waals surface area contributed by atoms with Crippen LogP contribution in [0.15, 0.2) is 57.0 Å². The van der Waals surface area contributed by atoms with Crippen molar-refractivity contribution in [3.63, 3.8) is 0 Å². The number of nitrogens with zero attached hydrogens (tertiary/aromatic N) is 2. The van der Waals surface area contributed by atoms with Gasteiger partial charge in [0.25, 0.3) is 5.56 Å². The lowest BCUT2D eigenvalue weighted by Crippen LogP contribution is -2.40.